The minimum atomic E-state index is -0.394. The second kappa shape index (κ2) is 10.4. The van der Waals surface area contributed by atoms with Gasteiger partial charge < -0.3 is 14.6 Å². The van der Waals surface area contributed by atoms with E-state index in [4.69, 9.17) is 9.47 Å². The molecule has 4 heteroatoms. The fraction of sp³-hybridized carbons (Fsp3) is 0.423. The molecule has 0 heterocycles. The van der Waals surface area contributed by atoms with Crippen LogP contribution in [-0.2, 0) is 9.53 Å². The first kappa shape index (κ1) is 22.1. The summed E-state index contributed by atoms with van der Waals surface area (Å²) < 4.78 is 11.3. The zero-order valence-corrected chi connectivity index (χ0v) is 18.0. The van der Waals surface area contributed by atoms with Crippen molar-refractivity contribution in [2.24, 2.45) is 5.92 Å². The molecule has 1 saturated carbocycles. The van der Waals surface area contributed by atoms with Crippen LogP contribution in [0.4, 0.5) is 0 Å². The third-order valence-electron chi connectivity index (χ3n) is 5.87. The van der Waals surface area contributed by atoms with Gasteiger partial charge in [0.15, 0.2) is 0 Å². The van der Waals surface area contributed by atoms with Gasteiger partial charge in [0.25, 0.3) is 0 Å². The van der Waals surface area contributed by atoms with Crippen LogP contribution in [0.1, 0.15) is 49.7 Å². The van der Waals surface area contributed by atoms with Gasteiger partial charge in [-0.1, -0.05) is 48.5 Å². The van der Waals surface area contributed by atoms with Crippen molar-refractivity contribution < 1.29 is 19.4 Å². The molecule has 0 aliphatic heterocycles. The lowest BCUT2D eigenvalue weighted by Crippen LogP contribution is -2.17. The van der Waals surface area contributed by atoms with E-state index in [1.54, 1.807) is 6.92 Å². The highest BCUT2D eigenvalue weighted by Crippen LogP contribution is 2.41. The Bertz CT molecular complexity index is 861. The van der Waals surface area contributed by atoms with E-state index < -0.39 is 5.97 Å². The largest absolute Gasteiger partial charge is 0.490 e. The second-order valence-electron chi connectivity index (χ2n) is 8.28. The Morgan fingerprint density at radius 2 is 1.70 bits per heavy atom. The lowest BCUT2D eigenvalue weighted by Gasteiger charge is -2.29. The Morgan fingerprint density at radius 1 is 1.03 bits per heavy atom. The molecule has 0 radical (unpaired) electrons. The monoisotopic (exact) mass is 408 g/mol. The SMILES string of the molecule is C=C(C)C(=O)OCCOc1cc(-c2ccc(C)cc2)ccc1C1CCC(CO)CC1. The Hall–Kier alpha value is -2.59. The summed E-state index contributed by atoms with van der Waals surface area (Å²) in [5.74, 6) is 1.30. The van der Waals surface area contributed by atoms with E-state index in [1.807, 2.05) is 0 Å². The molecule has 0 amide bonds. The molecule has 0 spiro atoms. The third-order valence-corrected chi connectivity index (χ3v) is 5.87. The van der Waals surface area contributed by atoms with E-state index in [2.05, 4.69) is 56.0 Å². The number of benzene rings is 2. The van der Waals surface area contributed by atoms with E-state index >= 15 is 0 Å². The van der Waals surface area contributed by atoms with Crippen LogP contribution < -0.4 is 4.74 Å². The van der Waals surface area contributed by atoms with E-state index in [0.717, 1.165) is 42.6 Å². The molecule has 0 atom stereocenters. The quantitative estimate of drug-likeness (QED) is 0.360. The maximum absolute atomic E-state index is 11.6. The smallest absolute Gasteiger partial charge is 0.333 e. The maximum Gasteiger partial charge on any atom is 0.333 e. The van der Waals surface area contributed by atoms with Gasteiger partial charge in [-0.25, -0.2) is 4.79 Å². The minimum absolute atomic E-state index is 0.192. The van der Waals surface area contributed by atoms with Gasteiger partial charge in [-0.3, -0.25) is 0 Å². The van der Waals surface area contributed by atoms with Crippen molar-refractivity contribution in [2.75, 3.05) is 19.8 Å². The number of hydrogen-bond donors (Lipinski definition) is 1. The number of carbonyl (C=O) groups excluding carboxylic acids is 1. The fourth-order valence-corrected chi connectivity index (χ4v) is 3.99. The van der Waals surface area contributed by atoms with E-state index in [-0.39, 0.29) is 13.2 Å². The Labute approximate surface area is 179 Å². The highest BCUT2D eigenvalue weighted by molar-refractivity contribution is 5.86. The van der Waals surface area contributed by atoms with E-state index in [0.29, 0.717) is 24.0 Å². The molecule has 1 fully saturated rings. The van der Waals surface area contributed by atoms with Gasteiger partial charge in [-0.2, -0.15) is 0 Å². The van der Waals surface area contributed by atoms with Crippen molar-refractivity contribution in [1.82, 2.24) is 0 Å². The van der Waals surface area contributed by atoms with Gasteiger partial charge >= 0.3 is 5.97 Å². The number of aryl methyl sites for hydroxylation is 1. The molecule has 0 aromatic heterocycles. The van der Waals surface area contributed by atoms with Gasteiger partial charge in [0.2, 0.25) is 0 Å². The molecular weight excluding hydrogens is 376 g/mol. The number of esters is 1. The number of aliphatic hydroxyl groups excluding tert-OH is 1. The summed E-state index contributed by atoms with van der Waals surface area (Å²) in [5.41, 5.74) is 5.07. The van der Waals surface area contributed by atoms with Gasteiger partial charge in [0.05, 0.1) is 0 Å². The molecule has 4 nitrogen and oxygen atoms in total. The summed E-state index contributed by atoms with van der Waals surface area (Å²) in [6.07, 6.45) is 4.18. The second-order valence-corrected chi connectivity index (χ2v) is 8.28. The zero-order valence-electron chi connectivity index (χ0n) is 18.0. The summed E-state index contributed by atoms with van der Waals surface area (Å²) in [4.78, 5) is 11.6. The normalized spacial score (nSPS) is 18.6. The molecular formula is C26H32O4. The van der Waals surface area contributed by atoms with Gasteiger partial charge in [-0.15, -0.1) is 0 Å². The average Bonchev–Trinajstić information content (AvgIpc) is 2.77. The minimum Gasteiger partial charge on any atom is -0.490 e. The van der Waals surface area contributed by atoms with E-state index in [9.17, 15) is 9.90 Å². The Balaban J connectivity index is 1.77. The van der Waals surface area contributed by atoms with Crippen molar-refractivity contribution in [3.63, 3.8) is 0 Å². The molecule has 160 valence electrons. The molecule has 3 rings (SSSR count). The van der Waals surface area contributed by atoms with Crippen molar-refractivity contribution >= 4 is 5.97 Å². The number of rotatable bonds is 8. The van der Waals surface area contributed by atoms with Crippen LogP contribution in [0.2, 0.25) is 0 Å². The summed E-state index contributed by atoms with van der Waals surface area (Å²) in [6.45, 7) is 8.08. The molecule has 2 aromatic rings. The van der Waals surface area contributed by atoms with Gasteiger partial charge in [-0.05, 0) is 74.1 Å². The number of ether oxygens (including phenoxy) is 2. The lowest BCUT2D eigenvalue weighted by molar-refractivity contribution is -0.139. The summed E-state index contributed by atoms with van der Waals surface area (Å²) in [7, 11) is 0. The zero-order chi connectivity index (χ0) is 21.5. The molecule has 1 aliphatic rings. The van der Waals surface area contributed by atoms with Crippen molar-refractivity contribution in [2.45, 2.75) is 45.4 Å². The molecule has 30 heavy (non-hydrogen) atoms. The summed E-state index contributed by atoms with van der Waals surface area (Å²) in [5, 5.41) is 9.44. The van der Waals surface area contributed by atoms with Crippen molar-refractivity contribution in [3.05, 3.63) is 65.7 Å². The van der Waals surface area contributed by atoms with E-state index in [1.165, 1.54) is 11.1 Å². The first-order chi connectivity index (χ1) is 14.5. The van der Waals surface area contributed by atoms with Crippen LogP contribution >= 0.6 is 0 Å². The first-order valence-corrected chi connectivity index (χ1v) is 10.7. The number of carbonyl (C=O) groups is 1. The Kier molecular flexibility index (Phi) is 7.69. The van der Waals surface area contributed by atoms with Crippen LogP contribution in [0, 0.1) is 12.8 Å². The highest BCUT2D eigenvalue weighted by Gasteiger charge is 2.24. The number of hydrogen-bond acceptors (Lipinski definition) is 4. The maximum atomic E-state index is 11.6. The molecule has 1 aliphatic carbocycles. The predicted molar refractivity (Wildman–Crippen MR) is 120 cm³/mol. The molecule has 0 bridgehead atoms. The average molecular weight is 409 g/mol. The van der Waals surface area contributed by atoms with Gasteiger partial charge in [0, 0.05) is 12.2 Å². The van der Waals surface area contributed by atoms with Crippen LogP contribution in [0.25, 0.3) is 11.1 Å². The molecule has 0 unspecified atom stereocenters. The highest BCUT2D eigenvalue weighted by atomic mass is 16.6. The van der Waals surface area contributed by atoms with Gasteiger partial charge in [0.1, 0.15) is 19.0 Å². The number of aliphatic hydroxyl groups is 1. The predicted octanol–water partition coefficient (Wildman–Crippen LogP) is 5.43. The third kappa shape index (κ3) is 5.73. The van der Waals surface area contributed by atoms with Crippen molar-refractivity contribution in [1.29, 1.82) is 0 Å². The Morgan fingerprint density at radius 3 is 2.33 bits per heavy atom. The van der Waals surface area contributed by atoms with Crippen LogP contribution in [0.5, 0.6) is 5.75 Å². The molecule has 2 aromatic carbocycles. The standard InChI is InChI=1S/C26H32O4/c1-18(2)26(28)30-15-14-29-25-16-23(21-8-4-19(3)5-9-21)12-13-24(25)22-10-6-20(17-27)7-11-22/h4-5,8-9,12-13,16,20,22,27H,1,6-7,10-11,14-15,17H2,2-3H3. The summed E-state index contributed by atoms with van der Waals surface area (Å²) in [6, 6.07) is 14.9. The summed E-state index contributed by atoms with van der Waals surface area (Å²) >= 11 is 0. The van der Waals surface area contributed by atoms with Crippen LogP contribution in [-0.4, -0.2) is 30.9 Å². The lowest BCUT2D eigenvalue weighted by atomic mass is 9.78. The molecule has 1 N–H and O–H groups in total. The fourth-order valence-electron chi connectivity index (χ4n) is 3.99. The van der Waals surface area contributed by atoms with Crippen molar-refractivity contribution in [3.8, 4) is 16.9 Å². The topological polar surface area (TPSA) is 55.8 Å². The first-order valence-electron chi connectivity index (χ1n) is 10.7. The van der Waals surface area contributed by atoms with Crippen LogP contribution in [0.15, 0.2) is 54.6 Å². The van der Waals surface area contributed by atoms with Crippen LogP contribution in [0.3, 0.4) is 0 Å². The molecule has 0 saturated heterocycles.